The second-order valence-electron chi connectivity index (χ2n) is 5.31. The van der Waals surface area contributed by atoms with Gasteiger partial charge in [-0.25, -0.2) is 9.97 Å². The molecule has 0 spiro atoms. The molecule has 3 rings (SSSR count). The molecule has 2 heterocycles. The van der Waals surface area contributed by atoms with Crippen molar-refractivity contribution in [3.8, 4) is 0 Å². The van der Waals surface area contributed by atoms with E-state index in [0.29, 0.717) is 6.04 Å². The molecule has 0 atom stereocenters. The van der Waals surface area contributed by atoms with Gasteiger partial charge < -0.3 is 5.32 Å². The number of fused-ring (bicyclic) bond motifs is 3. The van der Waals surface area contributed by atoms with E-state index in [-0.39, 0.29) is 0 Å². The zero-order valence-electron chi connectivity index (χ0n) is 12.1. The highest BCUT2D eigenvalue weighted by Crippen LogP contribution is 2.34. The Morgan fingerprint density at radius 1 is 1.20 bits per heavy atom. The second kappa shape index (κ2) is 5.37. The monoisotopic (exact) mass is 285 g/mol. The van der Waals surface area contributed by atoms with Gasteiger partial charge in [0.15, 0.2) is 5.82 Å². The highest BCUT2D eigenvalue weighted by Gasteiger charge is 2.14. The maximum absolute atomic E-state index is 4.80. The maximum atomic E-state index is 4.80. The van der Waals surface area contributed by atoms with Gasteiger partial charge in [0.1, 0.15) is 5.52 Å². The summed E-state index contributed by atoms with van der Waals surface area (Å²) >= 11 is 1.80. The van der Waals surface area contributed by atoms with Crippen molar-refractivity contribution in [2.75, 3.05) is 5.32 Å². The van der Waals surface area contributed by atoms with Crippen LogP contribution in [0, 0.1) is 0 Å². The third-order valence-electron chi connectivity index (χ3n) is 3.17. The lowest BCUT2D eigenvalue weighted by atomic mass is 10.2. The van der Waals surface area contributed by atoms with Crippen LogP contribution in [0.5, 0.6) is 0 Å². The number of pyridine rings is 1. The summed E-state index contributed by atoms with van der Waals surface area (Å²) in [6.45, 7) is 6.44. The lowest BCUT2D eigenvalue weighted by Crippen LogP contribution is -2.11. The Kier molecular flexibility index (Phi) is 3.57. The summed E-state index contributed by atoms with van der Waals surface area (Å²) in [6.07, 6.45) is 2.16. The van der Waals surface area contributed by atoms with E-state index in [2.05, 4.69) is 44.3 Å². The molecule has 0 aliphatic carbocycles. The predicted molar refractivity (Wildman–Crippen MR) is 87.7 cm³/mol. The quantitative estimate of drug-likeness (QED) is 0.760. The topological polar surface area (TPSA) is 37.8 Å². The normalized spacial score (nSPS) is 11.6. The lowest BCUT2D eigenvalue weighted by molar-refractivity contribution is 0.890. The largest absolute Gasteiger partial charge is 0.366 e. The molecule has 1 N–H and O–H groups in total. The van der Waals surface area contributed by atoms with Crippen LogP contribution in [0.25, 0.3) is 21.1 Å². The van der Waals surface area contributed by atoms with Crippen molar-refractivity contribution in [3.63, 3.8) is 0 Å². The Hall–Kier alpha value is -1.68. The number of thiazole rings is 1. The van der Waals surface area contributed by atoms with Crippen molar-refractivity contribution in [2.24, 2.45) is 0 Å². The van der Waals surface area contributed by atoms with Gasteiger partial charge in [-0.05, 0) is 32.8 Å². The summed E-state index contributed by atoms with van der Waals surface area (Å²) in [5.74, 6) is 0.910. The first kappa shape index (κ1) is 13.3. The predicted octanol–water partition coefficient (Wildman–Crippen LogP) is 4.62. The molecule has 0 bridgehead atoms. The van der Waals surface area contributed by atoms with E-state index < -0.39 is 0 Å². The Labute approximate surface area is 123 Å². The molecule has 1 aromatic carbocycles. The van der Waals surface area contributed by atoms with Gasteiger partial charge in [0.2, 0.25) is 0 Å². The van der Waals surface area contributed by atoms with Crippen molar-refractivity contribution in [1.82, 2.24) is 9.97 Å². The van der Waals surface area contributed by atoms with E-state index in [9.17, 15) is 0 Å². The van der Waals surface area contributed by atoms with Crippen molar-refractivity contribution in [2.45, 2.75) is 39.7 Å². The van der Waals surface area contributed by atoms with Gasteiger partial charge in [-0.2, -0.15) is 0 Å². The zero-order chi connectivity index (χ0) is 14.1. The van der Waals surface area contributed by atoms with Crippen LogP contribution in [-0.2, 0) is 6.42 Å². The van der Waals surface area contributed by atoms with E-state index in [1.807, 2.05) is 6.07 Å². The van der Waals surface area contributed by atoms with Crippen LogP contribution in [0.3, 0.4) is 0 Å². The van der Waals surface area contributed by atoms with E-state index >= 15 is 0 Å². The third-order valence-corrected chi connectivity index (χ3v) is 4.31. The van der Waals surface area contributed by atoms with Crippen molar-refractivity contribution in [3.05, 3.63) is 29.3 Å². The molecule has 3 aromatic rings. The van der Waals surface area contributed by atoms with E-state index in [4.69, 9.17) is 9.97 Å². The van der Waals surface area contributed by atoms with Crippen molar-refractivity contribution >= 4 is 38.3 Å². The first-order valence-electron chi connectivity index (χ1n) is 7.13. The number of aryl methyl sites for hydroxylation is 1. The second-order valence-corrected chi connectivity index (χ2v) is 6.40. The number of para-hydroxylation sites is 1. The SMILES string of the molecule is CCCc1nc2c(NC(C)C)nc3ccccc3c2s1. The van der Waals surface area contributed by atoms with Gasteiger partial charge in [0, 0.05) is 11.4 Å². The first-order valence-corrected chi connectivity index (χ1v) is 7.95. The highest BCUT2D eigenvalue weighted by atomic mass is 32.1. The van der Waals surface area contributed by atoms with Crippen molar-refractivity contribution in [1.29, 1.82) is 0 Å². The van der Waals surface area contributed by atoms with Gasteiger partial charge in [0.05, 0.1) is 15.2 Å². The highest BCUT2D eigenvalue weighted by molar-refractivity contribution is 7.19. The molecule has 0 saturated heterocycles. The smallest absolute Gasteiger partial charge is 0.154 e. The summed E-state index contributed by atoms with van der Waals surface area (Å²) in [6, 6.07) is 8.66. The molecule has 0 fully saturated rings. The first-order chi connectivity index (χ1) is 9.69. The third kappa shape index (κ3) is 2.36. The molecule has 104 valence electrons. The molecule has 0 aliphatic rings. The fourth-order valence-corrected chi connectivity index (χ4v) is 3.54. The molecule has 0 unspecified atom stereocenters. The van der Waals surface area contributed by atoms with Crippen LogP contribution in [0.1, 0.15) is 32.2 Å². The summed E-state index contributed by atoms with van der Waals surface area (Å²) < 4.78 is 1.25. The fraction of sp³-hybridized carbons (Fsp3) is 0.375. The molecule has 4 heteroatoms. The molecular weight excluding hydrogens is 266 g/mol. The maximum Gasteiger partial charge on any atom is 0.154 e. The average molecular weight is 285 g/mol. The molecule has 0 radical (unpaired) electrons. The van der Waals surface area contributed by atoms with Crippen LogP contribution in [0.4, 0.5) is 5.82 Å². The van der Waals surface area contributed by atoms with Crippen LogP contribution in [0.15, 0.2) is 24.3 Å². The minimum Gasteiger partial charge on any atom is -0.366 e. The number of rotatable bonds is 4. The minimum atomic E-state index is 0.350. The summed E-state index contributed by atoms with van der Waals surface area (Å²) in [7, 11) is 0. The molecule has 0 amide bonds. The van der Waals surface area contributed by atoms with E-state index in [1.165, 1.54) is 15.1 Å². The Bertz CT molecular complexity index is 746. The number of nitrogens with one attached hydrogen (secondary N) is 1. The number of aromatic nitrogens is 2. The standard InChI is InChI=1S/C16H19N3S/c1-4-7-13-19-14-15(20-13)11-8-5-6-9-12(11)18-16(14)17-10(2)3/h5-6,8-10H,4,7H2,1-3H3,(H,17,18). The molecular formula is C16H19N3S. The van der Waals surface area contributed by atoms with E-state index in [1.54, 1.807) is 11.3 Å². The number of nitrogens with zero attached hydrogens (tertiary/aromatic N) is 2. The Morgan fingerprint density at radius 3 is 2.75 bits per heavy atom. The van der Waals surface area contributed by atoms with Crippen LogP contribution < -0.4 is 5.32 Å². The average Bonchev–Trinajstić information content (AvgIpc) is 2.83. The number of anilines is 1. The summed E-state index contributed by atoms with van der Waals surface area (Å²) in [5, 5.41) is 5.83. The number of benzene rings is 1. The van der Waals surface area contributed by atoms with Gasteiger partial charge >= 0.3 is 0 Å². The minimum absolute atomic E-state index is 0.350. The molecule has 0 aliphatic heterocycles. The number of hydrogen-bond donors (Lipinski definition) is 1. The fourth-order valence-electron chi connectivity index (χ4n) is 2.34. The zero-order valence-corrected chi connectivity index (χ0v) is 12.9. The van der Waals surface area contributed by atoms with Crippen molar-refractivity contribution < 1.29 is 0 Å². The van der Waals surface area contributed by atoms with Gasteiger partial charge in [-0.1, -0.05) is 25.1 Å². The van der Waals surface area contributed by atoms with Crippen LogP contribution in [-0.4, -0.2) is 16.0 Å². The van der Waals surface area contributed by atoms with Gasteiger partial charge in [-0.3, -0.25) is 0 Å². The number of hydrogen-bond acceptors (Lipinski definition) is 4. The van der Waals surface area contributed by atoms with Gasteiger partial charge in [-0.15, -0.1) is 11.3 Å². The van der Waals surface area contributed by atoms with E-state index in [0.717, 1.165) is 29.7 Å². The summed E-state index contributed by atoms with van der Waals surface area (Å²) in [5.41, 5.74) is 2.06. The Balaban J connectivity index is 2.28. The molecule has 0 saturated carbocycles. The molecule has 20 heavy (non-hydrogen) atoms. The van der Waals surface area contributed by atoms with Crippen LogP contribution in [0.2, 0.25) is 0 Å². The van der Waals surface area contributed by atoms with Crippen LogP contribution >= 0.6 is 11.3 Å². The lowest BCUT2D eigenvalue weighted by Gasteiger charge is -2.10. The molecule has 2 aromatic heterocycles. The molecule has 3 nitrogen and oxygen atoms in total. The summed E-state index contributed by atoms with van der Waals surface area (Å²) in [4.78, 5) is 9.55. The Morgan fingerprint density at radius 2 is 2.00 bits per heavy atom. The van der Waals surface area contributed by atoms with Gasteiger partial charge in [0.25, 0.3) is 0 Å².